The summed E-state index contributed by atoms with van der Waals surface area (Å²) in [6, 6.07) is 1.85. The van der Waals surface area contributed by atoms with Crippen LogP contribution in [0.15, 0.2) is 24.3 Å². The van der Waals surface area contributed by atoms with Gasteiger partial charge in [-0.1, -0.05) is 19.1 Å². The van der Waals surface area contributed by atoms with E-state index in [1.54, 1.807) is 0 Å². The molecule has 5 heteroatoms. The van der Waals surface area contributed by atoms with Crippen LogP contribution in [-0.2, 0) is 6.18 Å². The maximum absolute atomic E-state index is 14.1. The number of alkyl halides is 3. The zero-order valence-electron chi connectivity index (χ0n) is 17.5. The number of fused-ring (bicyclic) bond motifs is 3. The van der Waals surface area contributed by atoms with Gasteiger partial charge in [0.05, 0.1) is 0 Å². The lowest BCUT2D eigenvalue weighted by Crippen LogP contribution is -2.41. The topological polar surface area (TPSA) is 0 Å². The first-order valence-corrected chi connectivity index (χ1v) is 11.5. The van der Waals surface area contributed by atoms with Gasteiger partial charge in [0.1, 0.15) is 17.2 Å². The van der Waals surface area contributed by atoms with Crippen molar-refractivity contribution >= 4 is 0 Å². The molecule has 6 unspecified atom stereocenters. The van der Waals surface area contributed by atoms with E-state index in [9.17, 15) is 22.0 Å². The van der Waals surface area contributed by atoms with E-state index in [1.807, 2.05) is 0 Å². The van der Waals surface area contributed by atoms with Crippen LogP contribution >= 0.6 is 0 Å². The maximum atomic E-state index is 14.1. The average Bonchev–Trinajstić information content (AvgIpc) is 2.69. The maximum Gasteiger partial charge on any atom is 0.422 e. The molecule has 0 N–H and O–H groups in total. The summed E-state index contributed by atoms with van der Waals surface area (Å²) < 4.78 is 66.8. The first-order valence-electron chi connectivity index (χ1n) is 11.5. The van der Waals surface area contributed by atoms with Crippen LogP contribution in [0.3, 0.4) is 0 Å². The number of hydrogen-bond donors (Lipinski definition) is 0. The van der Waals surface area contributed by atoms with E-state index >= 15 is 0 Å². The summed E-state index contributed by atoms with van der Waals surface area (Å²) in [7, 11) is 0. The molecule has 0 aliphatic heterocycles. The van der Waals surface area contributed by atoms with E-state index in [4.69, 9.17) is 0 Å². The molecule has 3 saturated carbocycles. The molecule has 0 radical (unpaired) electrons. The fraction of sp³-hybridized carbons (Fsp3) is 0.680. The highest BCUT2D eigenvalue weighted by atomic mass is 19.4. The van der Waals surface area contributed by atoms with Crippen molar-refractivity contribution < 1.29 is 22.0 Å². The van der Waals surface area contributed by atoms with Gasteiger partial charge in [0.15, 0.2) is 0 Å². The van der Waals surface area contributed by atoms with E-state index < -0.39 is 23.4 Å². The molecule has 0 amide bonds. The third-order valence-corrected chi connectivity index (χ3v) is 8.04. The highest BCUT2D eigenvalue weighted by Crippen LogP contribution is 2.55. The lowest BCUT2D eigenvalue weighted by molar-refractivity contribution is -0.142. The summed E-state index contributed by atoms with van der Waals surface area (Å²) in [4.78, 5) is 0. The van der Waals surface area contributed by atoms with E-state index in [-0.39, 0.29) is 5.92 Å². The van der Waals surface area contributed by atoms with Crippen molar-refractivity contribution in [3.8, 4) is 0 Å². The lowest BCUT2D eigenvalue weighted by Gasteiger charge is -2.50. The molecule has 3 aliphatic rings. The number of hydrogen-bond acceptors (Lipinski definition) is 0. The summed E-state index contributed by atoms with van der Waals surface area (Å²) in [5, 5.41) is 0. The highest BCUT2D eigenvalue weighted by Gasteiger charge is 2.45. The second-order valence-corrected chi connectivity index (χ2v) is 9.70. The van der Waals surface area contributed by atoms with Gasteiger partial charge in [-0.3, -0.25) is 0 Å². The Balaban J connectivity index is 1.44. The predicted octanol–water partition coefficient (Wildman–Crippen LogP) is 8.28. The minimum Gasteiger partial charge on any atom is -0.206 e. The van der Waals surface area contributed by atoms with Crippen LogP contribution < -0.4 is 0 Å². The second-order valence-electron chi connectivity index (χ2n) is 9.70. The molecule has 0 heterocycles. The van der Waals surface area contributed by atoms with Gasteiger partial charge in [-0.25, -0.2) is 8.78 Å². The molecule has 4 rings (SSSR count). The number of rotatable bonds is 3. The Labute approximate surface area is 175 Å². The minimum atomic E-state index is -5.01. The summed E-state index contributed by atoms with van der Waals surface area (Å²) in [6.07, 6.45) is 9.58. The van der Waals surface area contributed by atoms with Gasteiger partial charge in [-0.2, -0.15) is 13.2 Å². The van der Waals surface area contributed by atoms with Crippen molar-refractivity contribution in [3.05, 3.63) is 47.0 Å². The third-order valence-electron chi connectivity index (χ3n) is 8.04. The predicted molar refractivity (Wildman–Crippen MR) is 108 cm³/mol. The van der Waals surface area contributed by atoms with E-state index in [0.717, 1.165) is 56.1 Å². The molecular formula is C25H31F5. The fourth-order valence-electron chi connectivity index (χ4n) is 6.74. The Morgan fingerprint density at radius 1 is 0.867 bits per heavy atom. The fourth-order valence-corrected chi connectivity index (χ4v) is 6.74. The number of benzene rings is 1. The van der Waals surface area contributed by atoms with Gasteiger partial charge in [0.25, 0.3) is 0 Å². The van der Waals surface area contributed by atoms with Crippen LogP contribution in [0.5, 0.6) is 0 Å². The molecule has 0 aromatic heterocycles. The summed E-state index contributed by atoms with van der Waals surface area (Å²) in [5.74, 6) is 0.418. The summed E-state index contributed by atoms with van der Waals surface area (Å²) >= 11 is 0. The first-order chi connectivity index (χ1) is 14.3. The minimum absolute atomic E-state index is 0.0436. The Kier molecular flexibility index (Phi) is 6.28. The molecule has 0 saturated heterocycles. The monoisotopic (exact) mass is 426 g/mol. The molecular weight excluding hydrogens is 395 g/mol. The van der Waals surface area contributed by atoms with Crippen molar-refractivity contribution in [1.29, 1.82) is 0 Å². The lowest BCUT2D eigenvalue weighted by atomic mass is 9.55. The largest absolute Gasteiger partial charge is 0.422 e. The van der Waals surface area contributed by atoms with Gasteiger partial charge < -0.3 is 0 Å². The Hall–Kier alpha value is -1.39. The normalized spacial score (nSPS) is 34.6. The van der Waals surface area contributed by atoms with Gasteiger partial charge in [-0.05, 0) is 111 Å². The average molecular weight is 427 g/mol. The van der Waals surface area contributed by atoms with Crippen molar-refractivity contribution in [2.45, 2.75) is 76.8 Å². The van der Waals surface area contributed by atoms with Crippen molar-refractivity contribution in [3.63, 3.8) is 0 Å². The Bertz CT molecular complexity index is 757. The number of halogens is 5. The smallest absolute Gasteiger partial charge is 0.206 e. The zero-order valence-corrected chi connectivity index (χ0v) is 17.5. The Morgan fingerprint density at radius 2 is 1.47 bits per heavy atom. The van der Waals surface area contributed by atoms with Crippen molar-refractivity contribution in [2.75, 3.05) is 0 Å². The van der Waals surface area contributed by atoms with E-state index in [1.165, 1.54) is 25.7 Å². The summed E-state index contributed by atoms with van der Waals surface area (Å²) in [6.45, 7) is 2.17. The van der Waals surface area contributed by atoms with Crippen LogP contribution in [0.1, 0.15) is 81.8 Å². The van der Waals surface area contributed by atoms with E-state index in [2.05, 4.69) is 19.1 Å². The van der Waals surface area contributed by atoms with Crippen LogP contribution in [0.2, 0.25) is 0 Å². The second kappa shape index (κ2) is 8.63. The third kappa shape index (κ3) is 4.31. The highest BCUT2D eigenvalue weighted by molar-refractivity contribution is 5.31. The standard InChI is InChI=1S/C25H31F5/c1-2-3-4-15-5-9-20-17(11-15)6-7-18-12-16(8-10-21(18)20)19-13-22(26)24(23(27)14-19)25(28,29)30/h3-4,13-18,20-21H,2,5-12H2,1H3. The molecule has 1 aromatic rings. The zero-order chi connectivity index (χ0) is 21.5. The molecule has 3 fully saturated rings. The van der Waals surface area contributed by atoms with Gasteiger partial charge >= 0.3 is 6.18 Å². The molecule has 30 heavy (non-hydrogen) atoms. The molecule has 6 atom stereocenters. The quantitative estimate of drug-likeness (QED) is 0.337. The van der Waals surface area contributed by atoms with Crippen LogP contribution in [0.4, 0.5) is 22.0 Å². The van der Waals surface area contributed by atoms with Crippen LogP contribution in [0, 0.1) is 41.2 Å². The van der Waals surface area contributed by atoms with Gasteiger partial charge in [0, 0.05) is 0 Å². The van der Waals surface area contributed by atoms with Crippen LogP contribution in [-0.4, -0.2) is 0 Å². The SMILES string of the molecule is CCC=CC1CCC2C(CCC3CC(c4cc(F)c(C(F)(F)F)c(F)c4)CCC32)C1. The summed E-state index contributed by atoms with van der Waals surface area (Å²) in [5.41, 5.74) is -1.37. The van der Waals surface area contributed by atoms with Gasteiger partial charge in [-0.15, -0.1) is 0 Å². The van der Waals surface area contributed by atoms with E-state index in [0.29, 0.717) is 23.3 Å². The van der Waals surface area contributed by atoms with Crippen LogP contribution in [0.25, 0.3) is 0 Å². The van der Waals surface area contributed by atoms with Crippen molar-refractivity contribution in [1.82, 2.24) is 0 Å². The van der Waals surface area contributed by atoms with Gasteiger partial charge in [0.2, 0.25) is 0 Å². The Morgan fingerprint density at radius 3 is 2.07 bits per heavy atom. The molecule has 166 valence electrons. The molecule has 3 aliphatic carbocycles. The molecule has 1 aromatic carbocycles. The van der Waals surface area contributed by atoms with Crippen molar-refractivity contribution in [2.24, 2.45) is 29.6 Å². The molecule has 0 nitrogen and oxygen atoms in total. The number of allylic oxidation sites excluding steroid dienone is 2. The molecule has 0 spiro atoms. The molecule has 0 bridgehead atoms. The first kappa shape index (κ1) is 21.8.